The number of aryl methyl sites for hydroxylation is 1. The third kappa shape index (κ3) is 3.57. The molecule has 28 heavy (non-hydrogen) atoms. The number of nitrogens with zero attached hydrogens (tertiary/aromatic N) is 3. The molecule has 0 atom stereocenters. The Balaban J connectivity index is 1.43. The van der Waals surface area contributed by atoms with Crippen LogP contribution in [0.4, 0.5) is 11.4 Å². The van der Waals surface area contributed by atoms with E-state index in [1.165, 1.54) is 4.90 Å². The van der Waals surface area contributed by atoms with Gasteiger partial charge in [0.15, 0.2) is 0 Å². The van der Waals surface area contributed by atoms with E-state index in [4.69, 9.17) is 9.26 Å². The van der Waals surface area contributed by atoms with Crippen LogP contribution in [0.5, 0.6) is 5.75 Å². The normalized spacial score (nSPS) is 13.0. The number of nitrogens with one attached hydrogen (secondary N) is 1. The van der Waals surface area contributed by atoms with E-state index in [0.717, 1.165) is 11.3 Å². The molecule has 8 heteroatoms. The number of ether oxygens (including phenoxy) is 1. The lowest BCUT2D eigenvalue weighted by Crippen LogP contribution is -2.42. The van der Waals surface area contributed by atoms with E-state index < -0.39 is 0 Å². The maximum atomic E-state index is 12.7. The highest BCUT2D eigenvalue weighted by molar-refractivity contribution is 6.09. The number of fused-ring (bicyclic) bond motifs is 1. The highest BCUT2D eigenvalue weighted by Crippen LogP contribution is 2.29. The van der Waals surface area contributed by atoms with Crippen LogP contribution in [0, 0.1) is 0 Å². The van der Waals surface area contributed by atoms with Crippen molar-refractivity contribution in [3.63, 3.8) is 0 Å². The third-order valence-corrected chi connectivity index (χ3v) is 4.44. The zero-order chi connectivity index (χ0) is 19.5. The summed E-state index contributed by atoms with van der Waals surface area (Å²) in [6.45, 7) is -0.00320. The van der Waals surface area contributed by atoms with Crippen LogP contribution in [0.1, 0.15) is 12.3 Å². The Morgan fingerprint density at radius 1 is 1.21 bits per heavy atom. The number of benzene rings is 2. The Labute approximate surface area is 161 Å². The van der Waals surface area contributed by atoms with Crippen molar-refractivity contribution in [2.24, 2.45) is 0 Å². The molecule has 2 aromatic carbocycles. The molecule has 2 amide bonds. The summed E-state index contributed by atoms with van der Waals surface area (Å²) in [5.74, 6) is 1.17. The van der Waals surface area contributed by atoms with Crippen molar-refractivity contribution in [3.8, 4) is 17.1 Å². The predicted molar refractivity (Wildman–Crippen MR) is 102 cm³/mol. The second-order valence-electron chi connectivity index (χ2n) is 6.29. The predicted octanol–water partition coefficient (Wildman–Crippen LogP) is 2.66. The van der Waals surface area contributed by atoms with Crippen LogP contribution in [-0.4, -0.2) is 35.6 Å². The first kappa shape index (κ1) is 17.7. The van der Waals surface area contributed by atoms with Crippen LogP contribution in [0.15, 0.2) is 53.1 Å². The molecule has 1 aliphatic rings. The number of rotatable bonds is 5. The first-order valence-electron chi connectivity index (χ1n) is 8.80. The molecule has 2 heterocycles. The van der Waals surface area contributed by atoms with Gasteiger partial charge >= 0.3 is 0 Å². The maximum absolute atomic E-state index is 12.7. The number of carbonyl (C=O) groups excluding carboxylic acids is 2. The molecule has 0 spiro atoms. The lowest BCUT2D eigenvalue weighted by atomic mass is 10.1. The number of anilines is 2. The number of aromatic nitrogens is 2. The lowest BCUT2D eigenvalue weighted by Gasteiger charge is -2.29. The molecule has 0 aliphatic carbocycles. The van der Waals surface area contributed by atoms with Crippen LogP contribution < -0.4 is 15.0 Å². The summed E-state index contributed by atoms with van der Waals surface area (Å²) in [4.78, 5) is 30.4. The number of carbonyl (C=O) groups is 2. The van der Waals surface area contributed by atoms with Crippen molar-refractivity contribution in [2.45, 2.75) is 12.8 Å². The van der Waals surface area contributed by atoms with E-state index in [-0.39, 0.29) is 24.8 Å². The number of para-hydroxylation sites is 2. The Bertz CT molecular complexity index is 1010. The third-order valence-electron chi connectivity index (χ3n) is 4.44. The van der Waals surface area contributed by atoms with Gasteiger partial charge in [-0.2, -0.15) is 4.98 Å². The van der Waals surface area contributed by atoms with Crippen LogP contribution >= 0.6 is 0 Å². The standard InChI is InChI=1S/C20H18N4O4/c1-27-14-8-6-13(7-9-14)20-22-18(28-23-20)10-11-19(26)24-12-17(25)21-15-4-2-3-5-16(15)24/h2-9H,10-12H2,1H3,(H,21,25). The van der Waals surface area contributed by atoms with E-state index in [1.807, 2.05) is 36.4 Å². The summed E-state index contributed by atoms with van der Waals surface area (Å²) in [7, 11) is 1.60. The van der Waals surface area contributed by atoms with E-state index in [2.05, 4.69) is 15.5 Å². The van der Waals surface area contributed by atoms with Crippen molar-refractivity contribution in [3.05, 3.63) is 54.4 Å². The Hall–Kier alpha value is -3.68. The summed E-state index contributed by atoms with van der Waals surface area (Å²) in [5.41, 5.74) is 2.12. The minimum absolute atomic E-state index is 0.00320. The Kier molecular flexibility index (Phi) is 4.76. The summed E-state index contributed by atoms with van der Waals surface area (Å²) < 4.78 is 10.4. The summed E-state index contributed by atoms with van der Waals surface area (Å²) >= 11 is 0. The highest BCUT2D eigenvalue weighted by atomic mass is 16.5. The molecule has 1 aromatic heterocycles. The van der Waals surface area contributed by atoms with Crippen LogP contribution in [0.2, 0.25) is 0 Å². The molecule has 0 fully saturated rings. The summed E-state index contributed by atoms with van der Waals surface area (Å²) in [6, 6.07) is 14.5. The van der Waals surface area contributed by atoms with Gasteiger partial charge < -0.3 is 19.5 Å². The number of hydrogen-bond acceptors (Lipinski definition) is 6. The van der Waals surface area contributed by atoms with Crippen molar-refractivity contribution < 1.29 is 18.8 Å². The fraction of sp³-hybridized carbons (Fsp3) is 0.200. The van der Waals surface area contributed by atoms with E-state index in [9.17, 15) is 9.59 Å². The van der Waals surface area contributed by atoms with Gasteiger partial charge in [-0.05, 0) is 36.4 Å². The summed E-state index contributed by atoms with van der Waals surface area (Å²) in [6.07, 6.45) is 0.453. The number of amides is 2. The van der Waals surface area contributed by atoms with Crippen LogP contribution in [0.25, 0.3) is 11.4 Å². The zero-order valence-corrected chi connectivity index (χ0v) is 15.2. The van der Waals surface area contributed by atoms with Crippen molar-refractivity contribution in [1.82, 2.24) is 10.1 Å². The number of hydrogen-bond donors (Lipinski definition) is 1. The molecule has 0 saturated heterocycles. The monoisotopic (exact) mass is 378 g/mol. The smallest absolute Gasteiger partial charge is 0.244 e. The molecule has 1 aliphatic heterocycles. The number of methoxy groups -OCH3 is 1. The molecule has 4 rings (SSSR count). The second kappa shape index (κ2) is 7.51. The van der Waals surface area contributed by atoms with Gasteiger partial charge in [-0.15, -0.1) is 0 Å². The van der Waals surface area contributed by atoms with Gasteiger partial charge in [0.1, 0.15) is 12.3 Å². The molecule has 8 nitrogen and oxygen atoms in total. The van der Waals surface area contributed by atoms with E-state index in [0.29, 0.717) is 29.5 Å². The molecule has 0 bridgehead atoms. The largest absolute Gasteiger partial charge is 0.497 e. The molecule has 0 saturated carbocycles. The minimum atomic E-state index is -0.216. The molecular formula is C20H18N4O4. The lowest BCUT2D eigenvalue weighted by molar-refractivity contribution is -0.121. The van der Waals surface area contributed by atoms with Crippen LogP contribution in [-0.2, 0) is 16.0 Å². The van der Waals surface area contributed by atoms with Gasteiger partial charge in [0, 0.05) is 18.4 Å². The topological polar surface area (TPSA) is 97.6 Å². The molecule has 1 N–H and O–H groups in total. The SMILES string of the molecule is COc1ccc(-c2noc(CCC(=O)N3CC(=O)Nc4ccccc43)n2)cc1. The van der Waals surface area contributed by atoms with Crippen molar-refractivity contribution >= 4 is 23.2 Å². The second-order valence-corrected chi connectivity index (χ2v) is 6.29. The van der Waals surface area contributed by atoms with Crippen LogP contribution in [0.3, 0.4) is 0 Å². The average Bonchev–Trinajstić information content (AvgIpc) is 3.20. The fourth-order valence-electron chi connectivity index (χ4n) is 3.02. The molecule has 0 unspecified atom stereocenters. The Morgan fingerprint density at radius 3 is 2.79 bits per heavy atom. The van der Waals surface area contributed by atoms with Gasteiger partial charge in [0.05, 0.1) is 18.5 Å². The highest BCUT2D eigenvalue weighted by Gasteiger charge is 2.26. The zero-order valence-electron chi connectivity index (χ0n) is 15.2. The van der Waals surface area contributed by atoms with Gasteiger partial charge in [0.2, 0.25) is 23.5 Å². The maximum Gasteiger partial charge on any atom is 0.244 e. The van der Waals surface area contributed by atoms with Gasteiger partial charge in [-0.3, -0.25) is 9.59 Å². The fourth-order valence-corrected chi connectivity index (χ4v) is 3.02. The average molecular weight is 378 g/mol. The minimum Gasteiger partial charge on any atom is -0.497 e. The van der Waals surface area contributed by atoms with Crippen molar-refractivity contribution in [2.75, 3.05) is 23.9 Å². The van der Waals surface area contributed by atoms with E-state index >= 15 is 0 Å². The van der Waals surface area contributed by atoms with Gasteiger partial charge in [-0.1, -0.05) is 17.3 Å². The van der Waals surface area contributed by atoms with E-state index in [1.54, 1.807) is 19.2 Å². The molecule has 0 radical (unpaired) electrons. The van der Waals surface area contributed by atoms with Gasteiger partial charge in [-0.25, -0.2) is 0 Å². The summed E-state index contributed by atoms with van der Waals surface area (Å²) in [5, 5.41) is 6.73. The molecule has 3 aromatic rings. The Morgan fingerprint density at radius 2 is 2.00 bits per heavy atom. The van der Waals surface area contributed by atoms with Crippen molar-refractivity contribution in [1.29, 1.82) is 0 Å². The van der Waals surface area contributed by atoms with Gasteiger partial charge in [0.25, 0.3) is 0 Å². The first-order valence-corrected chi connectivity index (χ1v) is 8.80. The first-order chi connectivity index (χ1) is 13.6. The quantitative estimate of drug-likeness (QED) is 0.733. The molecular weight excluding hydrogens is 360 g/mol. The molecule has 142 valence electrons.